The van der Waals surface area contributed by atoms with E-state index in [4.69, 9.17) is 5.73 Å². The zero-order valence-corrected chi connectivity index (χ0v) is 17.8. The quantitative estimate of drug-likeness (QED) is 0.542. The van der Waals surface area contributed by atoms with Crippen molar-refractivity contribution in [2.24, 2.45) is 5.73 Å². The standard InChI is InChI=1S/C20H27N7O2S/c1-2-30(29)27-11-9-26(10-12-27)16-7-5-15(6-8-16)24-20-22-13-17(18(21)28)19(25-20)23-14-3-4-14/h5-8,13-14H,2-4,9-12H2,1H3,(H2,21,28)(H2,22,23,24,25)/t30-/m1/s1. The number of hydrogen-bond donors (Lipinski definition) is 3. The summed E-state index contributed by atoms with van der Waals surface area (Å²) in [5.41, 5.74) is 7.71. The number of carbonyl (C=O) groups is 1. The van der Waals surface area contributed by atoms with Crippen LogP contribution in [0.2, 0.25) is 0 Å². The summed E-state index contributed by atoms with van der Waals surface area (Å²) in [5.74, 6) is 1.01. The summed E-state index contributed by atoms with van der Waals surface area (Å²) in [6, 6.07) is 8.41. The molecule has 0 unspecified atom stereocenters. The number of nitrogens with one attached hydrogen (secondary N) is 2. The van der Waals surface area contributed by atoms with E-state index in [1.165, 1.54) is 6.20 Å². The molecular formula is C20H27N7O2S. The van der Waals surface area contributed by atoms with Crippen LogP contribution >= 0.6 is 0 Å². The fraction of sp³-hybridized carbons (Fsp3) is 0.450. The van der Waals surface area contributed by atoms with E-state index in [1.54, 1.807) is 0 Å². The number of nitrogens with zero attached hydrogens (tertiary/aromatic N) is 4. The highest BCUT2D eigenvalue weighted by Crippen LogP contribution is 2.27. The molecule has 0 spiro atoms. The molecule has 1 atom stereocenters. The monoisotopic (exact) mass is 429 g/mol. The van der Waals surface area contributed by atoms with E-state index in [0.29, 0.717) is 29.1 Å². The lowest BCUT2D eigenvalue weighted by Gasteiger charge is -2.35. The van der Waals surface area contributed by atoms with E-state index in [9.17, 15) is 9.35 Å². The Kier molecular flexibility index (Phi) is 6.26. The Balaban J connectivity index is 1.39. The van der Waals surface area contributed by atoms with Gasteiger partial charge < -0.3 is 25.8 Å². The highest BCUT2D eigenvalue weighted by Gasteiger charge is 2.25. The Morgan fingerprint density at radius 1 is 1.23 bits per heavy atom. The second kappa shape index (κ2) is 9.07. The van der Waals surface area contributed by atoms with E-state index >= 15 is 0 Å². The van der Waals surface area contributed by atoms with Crippen molar-refractivity contribution < 1.29 is 9.35 Å². The van der Waals surface area contributed by atoms with Gasteiger partial charge in [-0.05, 0) is 44.0 Å². The molecule has 1 aromatic carbocycles. The Hall–Kier alpha value is -2.56. The van der Waals surface area contributed by atoms with Gasteiger partial charge in [0, 0.05) is 48.1 Å². The topological polar surface area (TPSA) is 122 Å². The van der Waals surface area contributed by atoms with E-state index in [1.807, 2.05) is 23.4 Å². The maximum atomic E-state index is 11.9. The number of hydrogen-bond acceptors (Lipinski definition) is 8. The van der Waals surface area contributed by atoms with E-state index in [2.05, 4.69) is 37.6 Å². The molecule has 9 nitrogen and oxygen atoms in total. The normalized spacial score (nSPS) is 18.1. The van der Waals surface area contributed by atoms with Crippen molar-refractivity contribution in [2.45, 2.75) is 25.8 Å². The van der Waals surface area contributed by atoms with E-state index < -0.39 is 17.3 Å². The summed E-state index contributed by atoms with van der Waals surface area (Å²) < 4.78 is 14.0. The molecule has 160 valence electrons. The molecule has 1 aliphatic carbocycles. The average molecular weight is 430 g/mol. The molecule has 0 bridgehead atoms. The highest BCUT2D eigenvalue weighted by molar-refractivity contribution is 7.89. The molecule has 4 rings (SSSR count). The largest absolute Gasteiger partial charge is 0.598 e. The van der Waals surface area contributed by atoms with E-state index in [-0.39, 0.29) is 0 Å². The van der Waals surface area contributed by atoms with Crippen molar-refractivity contribution in [3.8, 4) is 0 Å². The fourth-order valence-corrected chi connectivity index (χ4v) is 4.31. The Morgan fingerprint density at radius 3 is 2.53 bits per heavy atom. The maximum Gasteiger partial charge on any atom is 0.254 e. The lowest BCUT2D eigenvalue weighted by Crippen LogP contribution is -2.49. The van der Waals surface area contributed by atoms with Gasteiger partial charge in [0.25, 0.3) is 5.91 Å². The number of aromatic nitrogens is 2. The van der Waals surface area contributed by atoms with Crippen LogP contribution in [0, 0.1) is 0 Å². The number of nitrogens with two attached hydrogens (primary N) is 1. The molecule has 30 heavy (non-hydrogen) atoms. The second-order valence-electron chi connectivity index (χ2n) is 7.44. The summed E-state index contributed by atoms with van der Waals surface area (Å²) >= 11 is -0.869. The van der Waals surface area contributed by atoms with Crippen molar-refractivity contribution in [2.75, 3.05) is 47.5 Å². The predicted molar refractivity (Wildman–Crippen MR) is 119 cm³/mol. The molecule has 1 amide bonds. The average Bonchev–Trinajstić information content (AvgIpc) is 3.58. The van der Waals surface area contributed by atoms with Gasteiger partial charge in [0.15, 0.2) is 0 Å². The highest BCUT2D eigenvalue weighted by atomic mass is 32.2. The van der Waals surface area contributed by atoms with Gasteiger partial charge in [-0.2, -0.15) is 4.98 Å². The molecule has 1 aliphatic heterocycles. The molecule has 2 fully saturated rings. The van der Waals surface area contributed by atoms with Crippen molar-refractivity contribution in [1.29, 1.82) is 0 Å². The number of amides is 1. The second-order valence-corrected chi connectivity index (χ2v) is 9.17. The number of benzene rings is 1. The first-order chi connectivity index (χ1) is 14.5. The first-order valence-electron chi connectivity index (χ1n) is 10.2. The van der Waals surface area contributed by atoms with Gasteiger partial charge in [0.05, 0.1) is 18.7 Å². The first kappa shape index (κ1) is 20.7. The van der Waals surface area contributed by atoms with E-state index in [0.717, 1.165) is 50.4 Å². The first-order valence-corrected chi connectivity index (χ1v) is 11.5. The van der Waals surface area contributed by atoms with Crippen molar-refractivity contribution in [3.05, 3.63) is 36.0 Å². The Bertz CT molecular complexity index is 883. The van der Waals surface area contributed by atoms with Gasteiger partial charge in [-0.25, -0.2) is 4.98 Å². The summed E-state index contributed by atoms with van der Waals surface area (Å²) in [7, 11) is 0. The van der Waals surface area contributed by atoms with Gasteiger partial charge >= 0.3 is 0 Å². The number of primary amides is 1. The van der Waals surface area contributed by atoms with Crippen molar-refractivity contribution in [1.82, 2.24) is 14.3 Å². The van der Waals surface area contributed by atoms with Crippen molar-refractivity contribution >= 4 is 40.4 Å². The predicted octanol–water partition coefficient (Wildman–Crippen LogP) is 1.70. The van der Waals surface area contributed by atoms with Gasteiger partial charge in [0.1, 0.15) is 11.6 Å². The minimum Gasteiger partial charge on any atom is -0.598 e. The van der Waals surface area contributed by atoms with Crippen LogP contribution in [0.5, 0.6) is 0 Å². The molecular weight excluding hydrogens is 402 g/mol. The summed E-state index contributed by atoms with van der Waals surface area (Å²) in [6.45, 7) is 5.26. The Labute approximate surface area is 179 Å². The minimum absolute atomic E-state index is 0.297. The molecule has 1 saturated carbocycles. The lowest BCUT2D eigenvalue weighted by atomic mass is 10.2. The molecule has 2 aromatic rings. The third kappa shape index (κ3) is 4.94. The number of anilines is 4. The van der Waals surface area contributed by atoms with Crippen LogP contribution in [0.25, 0.3) is 0 Å². The maximum absolute atomic E-state index is 11.9. The molecule has 10 heteroatoms. The summed E-state index contributed by atoms with van der Waals surface area (Å²) in [4.78, 5) is 22.6. The molecule has 4 N–H and O–H groups in total. The molecule has 2 aliphatic rings. The zero-order chi connectivity index (χ0) is 21.1. The van der Waals surface area contributed by atoms with Crippen LogP contribution in [0.15, 0.2) is 30.5 Å². The smallest absolute Gasteiger partial charge is 0.254 e. The van der Waals surface area contributed by atoms with Crippen LogP contribution in [-0.4, -0.2) is 62.7 Å². The molecule has 1 aromatic heterocycles. The van der Waals surface area contributed by atoms with Crippen LogP contribution < -0.4 is 21.3 Å². The van der Waals surface area contributed by atoms with Crippen LogP contribution in [-0.2, 0) is 11.4 Å². The minimum atomic E-state index is -0.869. The Morgan fingerprint density at radius 2 is 1.93 bits per heavy atom. The van der Waals surface area contributed by atoms with Crippen LogP contribution in [0.4, 0.5) is 23.1 Å². The number of rotatable bonds is 8. The summed E-state index contributed by atoms with van der Waals surface area (Å²) in [5, 5.41) is 6.42. The number of carbonyl (C=O) groups excluding carboxylic acids is 1. The third-order valence-corrected chi connectivity index (χ3v) is 6.67. The summed E-state index contributed by atoms with van der Waals surface area (Å²) in [6.07, 6.45) is 3.58. The number of piperazine rings is 1. The lowest BCUT2D eigenvalue weighted by molar-refractivity contribution is 0.100. The zero-order valence-electron chi connectivity index (χ0n) is 17.0. The fourth-order valence-electron chi connectivity index (χ4n) is 3.37. The van der Waals surface area contributed by atoms with Gasteiger partial charge in [-0.1, -0.05) is 0 Å². The SMILES string of the molecule is CC[S@@+]([O-])N1CCN(c2ccc(Nc3ncc(C(N)=O)c(NC4CC4)n3)cc2)CC1. The van der Waals surface area contributed by atoms with Crippen LogP contribution in [0.3, 0.4) is 0 Å². The molecule has 0 radical (unpaired) electrons. The van der Waals surface area contributed by atoms with Gasteiger partial charge in [0.2, 0.25) is 5.95 Å². The third-order valence-electron chi connectivity index (χ3n) is 5.23. The van der Waals surface area contributed by atoms with Crippen LogP contribution in [0.1, 0.15) is 30.1 Å². The van der Waals surface area contributed by atoms with Gasteiger partial charge in [-0.15, -0.1) is 4.31 Å². The molecule has 1 saturated heterocycles. The van der Waals surface area contributed by atoms with Gasteiger partial charge in [-0.3, -0.25) is 4.79 Å². The van der Waals surface area contributed by atoms with Crippen molar-refractivity contribution in [3.63, 3.8) is 0 Å². The molecule has 2 heterocycles.